The van der Waals surface area contributed by atoms with Gasteiger partial charge in [0, 0.05) is 32.0 Å². The average Bonchev–Trinajstić information content (AvgIpc) is 3.10. The highest BCUT2D eigenvalue weighted by molar-refractivity contribution is 5.83. The van der Waals surface area contributed by atoms with Crippen LogP contribution in [-0.4, -0.2) is 35.1 Å². The van der Waals surface area contributed by atoms with Crippen molar-refractivity contribution in [3.05, 3.63) is 18.7 Å². The van der Waals surface area contributed by atoms with E-state index in [2.05, 4.69) is 27.1 Å². The number of carbonyl (C=O) groups excluding carboxylic acids is 1. The number of nitrogens with zero attached hydrogens (tertiary/aromatic N) is 2. The molecule has 1 aliphatic heterocycles. The number of imidazole rings is 1. The summed E-state index contributed by atoms with van der Waals surface area (Å²) in [6, 6.07) is 0. The smallest absolute Gasteiger partial charge is 0.227 e. The summed E-state index contributed by atoms with van der Waals surface area (Å²) < 4.78 is 2.07. The van der Waals surface area contributed by atoms with E-state index in [9.17, 15) is 4.79 Å². The topological polar surface area (TPSA) is 59.0 Å². The summed E-state index contributed by atoms with van der Waals surface area (Å²) in [5.74, 6) is 0.243. The fourth-order valence-corrected chi connectivity index (χ4v) is 2.97. The van der Waals surface area contributed by atoms with Gasteiger partial charge in [0.25, 0.3) is 0 Å². The summed E-state index contributed by atoms with van der Waals surface area (Å²) in [6.45, 7) is 5.70. The van der Waals surface area contributed by atoms with Crippen molar-refractivity contribution in [3.8, 4) is 0 Å². The van der Waals surface area contributed by atoms with E-state index < -0.39 is 0 Å². The molecule has 5 heteroatoms. The zero-order valence-corrected chi connectivity index (χ0v) is 12.4. The van der Waals surface area contributed by atoms with Crippen molar-refractivity contribution < 1.29 is 4.79 Å². The minimum atomic E-state index is -0.154. The molecule has 0 aliphatic carbocycles. The van der Waals surface area contributed by atoms with Crippen LogP contribution in [0.4, 0.5) is 0 Å². The van der Waals surface area contributed by atoms with Crippen molar-refractivity contribution in [2.75, 3.05) is 19.6 Å². The molecule has 1 amide bonds. The molecule has 1 aromatic rings. The zero-order valence-electron chi connectivity index (χ0n) is 12.4. The lowest BCUT2D eigenvalue weighted by molar-refractivity contribution is -0.130. The summed E-state index contributed by atoms with van der Waals surface area (Å²) in [4.78, 5) is 16.4. The molecule has 0 bridgehead atoms. The lowest BCUT2D eigenvalue weighted by Gasteiger charge is -2.26. The predicted molar refractivity (Wildman–Crippen MR) is 79.3 cm³/mol. The third-order valence-corrected chi connectivity index (χ3v) is 4.14. The second-order valence-electron chi connectivity index (χ2n) is 5.72. The third-order valence-electron chi connectivity index (χ3n) is 4.14. The van der Waals surface area contributed by atoms with Crippen LogP contribution in [0.25, 0.3) is 0 Å². The quantitative estimate of drug-likeness (QED) is 0.710. The van der Waals surface area contributed by atoms with Gasteiger partial charge in [0.1, 0.15) is 0 Å². The molecular weight excluding hydrogens is 252 g/mol. The fraction of sp³-hybridized carbons (Fsp3) is 0.733. The largest absolute Gasteiger partial charge is 0.356 e. The van der Waals surface area contributed by atoms with E-state index in [1.807, 2.05) is 12.5 Å². The highest BCUT2D eigenvalue weighted by atomic mass is 16.2. The number of unbranched alkanes of at least 4 members (excludes halogenated alkanes) is 1. The number of aryl methyl sites for hydroxylation is 1. The van der Waals surface area contributed by atoms with E-state index in [1.54, 1.807) is 6.20 Å². The van der Waals surface area contributed by atoms with Crippen LogP contribution < -0.4 is 10.6 Å². The fourth-order valence-electron chi connectivity index (χ4n) is 2.97. The Morgan fingerprint density at radius 2 is 2.40 bits per heavy atom. The molecule has 1 unspecified atom stereocenters. The number of hydrogen-bond donors (Lipinski definition) is 2. The van der Waals surface area contributed by atoms with Crippen molar-refractivity contribution in [2.45, 2.75) is 45.6 Å². The number of amides is 1. The lowest BCUT2D eigenvalue weighted by Crippen LogP contribution is -2.42. The zero-order chi connectivity index (χ0) is 14.3. The third kappa shape index (κ3) is 3.82. The number of rotatable bonds is 8. The Morgan fingerprint density at radius 1 is 1.50 bits per heavy atom. The Kier molecular flexibility index (Phi) is 5.59. The van der Waals surface area contributed by atoms with E-state index in [4.69, 9.17) is 0 Å². The average molecular weight is 278 g/mol. The van der Waals surface area contributed by atoms with E-state index in [-0.39, 0.29) is 11.3 Å². The lowest BCUT2D eigenvalue weighted by atomic mass is 9.81. The summed E-state index contributed by atoms with van der Waals surface area (Å²) in [5, 5.41) is 6.45. The van der Waals surface area contributed by atoms with Gasteiger partial charge in [-0.3, -0.25) is 4.79 Å². The Labute approximate surface area is 121 Å². The van der Waals surface area contributed by atoms with Crippen LogP contribution in [0, 0.1) is 5.41 Å². The van der Waals surface area contributed by atoms with Crippen LogP contribution in [0.3, 0.4) is 0 Å². The van der Waals surface area contributed by atoms with Crippen LogP contribution in [-0.2, 0) is 11.3 Å². The number of nitrogens with one attached hydrogen (secondary N) is 2. The molecule has 0 saturated carbocycles. The predicted octanol–water partition coefficient (Wildman–Crippen LogP) is 1.56. The molecule has 5 nitrogen and oxygen atoms in total. The molecule has 20 heavy (non-hydrogen) atoms. The van der Waals surface area contributed by atoms with Crippen molar-refractivity contribution >= 4 is 5.91 Å². The molecule has 1 aromatic heterocycles. The summed E-state index contributed by atoms with van der Waals surface area (Å²) in [5.41, 5.74) is -0.154. The highest BCUT2D eigenvalue weighted by Gasteiger charge is 2.39. The Balaban J connectivity index is 1.66. The van der Waals surface area contributed by atoms with Gasteiger partial charge in [-0.25, -0.2) is 4.98 Å². The first-order valence-electron chi connectivity index (χ1n) is 7.71. The number of aromatic nitrogens is 2. The summed E-state index contributed by atoms with van der Waals surface area (Å²) in [7, 11) is 0. The normalized spacial score (nSPS) is 22.1. The first kappa shape index (κ1) is 15.0. The molecule has 2 heterocycles. The SMILES string of the molecule is CCCC1(C(=O)NCCCCn2ccnc2)CCNC1. The molecule has 1 atom stereocenters. The van der Waals surface area contributed by atoms with Crippen molar-refractivity contribution in [3.63, 3.8) is 0 Å². The maximum absolute atomic E-state index is 12.4. The first-order chi connectivity index (χ1) is 9.77. The molecule has 0 aromatic carbocycles. The van der Waals surface area contributed by atoms with Gasteiger partial charge in [-0.1, -0.05) is 13.3 Å². The second-order valence-corrected chi connectivity index (χ2v) is 5.72. The molecule has 2 N–H and O–H groups in total. The highest BCUT2D eigenvalue weighted by Crippen LogP contribution is 2.31. The minimum absolute atomic E-state index is 0.154. The minimum Gasteiger partial charge on any atom is -0.356 e. The maximum atomic E-state index is 12.4. The Bertz CT molecular complexity index is 396. The van der Waals surface area contributed by atoms with Crippen molar-refractivity contribution in [2.24, 2.45) is 5.41 Å². The van der Waals surface area contributed by atoms with E-state index >= 15 is 0 Å². The monoisotopic (exact) mass is 278 g/mol. The molecule has 1 saturated heterocycles. The van der Waals surface area contributed by atoms with Crippen molar-refractivity contribution in [1.29, 1.82) is 0 Å². The maximum Gasteiger partial charge on any atom is 0.227 e. The van der Waals surface area contributed by atoms with Gasteiger partial charge in [0.05, 0.1) is 11.7 Å². The molecule has 2 rings (SSSR count). The van der Waals surface area contributed by atoms with Gasteiger partial charge in [-0.15, -0.1) is 0 Å². The standard InChI is InChI=1S/C15H26N4O/c1-2-5-15(6-8-16-12-15)14(20)18-7-3-4-10-19-11-9-17-13-19/h9,11,13,16H,2-8,10,12H2,1H3,(H,18,20). The molecule has 0 spiro atoms. The van der Waals surface area contributed by atoms with Crippen LogP contribution >= 0.6 is 0 Å². The van der Waals surface area contributed by atoms with E-state index in [0.29, 0.717) is 0 Å². The number of hydrogen-bond acceptors (Lipinski definition) is 3. The van der Waals surface area contributed by atoms with Gasteiger partial charge in [-0.2, -0.15) is 0 Å². The van der Waals surface area contributed by atoms with Gasteiger partial charge >= 0.3 is 0 Å². The first-order valence-corrected chi connectivity index (χ1v) is 7.71. The van der Waals surface area contributed by atoms with Crippen LogP contribution in [0.15, 0.2) is 18.7 Å². The second kappa shape index (κ2) is 7.43. The van der Waals surface area contributed by atoms with Crippen molar-refractivity contribution in [1.82, 2.24) is 20.2 Å². The Morgan fingerprint density at radius 3 is 3.05 bits per heavy atom. The molecule has 0 radical (unpaired) electrons. The molecule has 1 aliphatic rings. The van der Waals surface area contributed by atoms with Gasteiger partial charge < -0.3 is 15.2 Å². The van der Waals surface area contributed by atoms with Gasteiger partial charge in [0.15, 0.2) is 0 Å². The van der Waals surface area contributed by atoms with Gasteiger partial charge in [0.2, 0.25) is 5.91 Å². The van der Waals surface area contributed by atoms with Crippen LogP contribution in [0.2, 0.25) is 0 Å². The summed E-state index contributed by atoms with van der Waals surface area (Å²) >= 11 is 0. The Hall–Kier alpha value is -1.36. The summed E-state index contributed by atoms with van der Waals surface area (Å²) in [6.07, 6.45) is 10.7. The molecule has 112 valence electrons. The van der Waals surface area contributed by atoms with E-state index in [1.165, 1.54) is 0 Å². The van der Waals surface area contributed by atoms with E-state index in [0.717, 1.165) is 58.3 Å². The van der Waals surface area contributed by atoms with Crippen LogP contribution in [0.5, 0.6) is 0 Å². The number of carbonyl (C=O) groups is 1. The van der Waals surface area contributed by atoms with Crippen LogP contribution in [0.1, 0.15) is 39.0 Å². The van der Waals surface area contributed by atoms with Gasteiger partial charge in [-0.05, 0) is 32.2 Å². The molecule has 1 fully saturated rings. The molecular formula is C15H26N4O.